The molecule has 0 atom stereocenters. The number of carbonyl (C=O) groups excluding carboxylic acids is 2. The molecule has 0 radical (unpaired) electrons. The predicted molar refractivity (Wildman–Crippen MR) is 101 cm³/mol. The van der Waals surface area contributed by atoms with Crippen molar-refractivity contribution in [1.29, 1.82) is 0 Å². The van der Waals surface area contributed by atoms with Crippen LogP contribution < -0.4 is 15.4 Å². The smallest absolute Gasteiger partial charge is 0.311 e. The topological polar surface area (TPSA) is 111 Å². The van der Waals surface area contributed by atoms with Crippen molar-refractivity contribution in [3.63, 3.8) is 0 Å². The van der Waals surface area contributed by atoms with Gasteiger partial charge in [-0.25, -0.2) is 4.39 Å². The van der Waals surface area contributed by atoms with Crippen molar-refractivity contribution < 1.29 is 23.6 Å². The van der Waals surface area contributed by atoms with E-state index in [2.05, 4.69) is 10.6 Å². The van der Waals surface area contributed by atoms with E-state index in [-0.39, 0.29) is 28.8 Å². The molecule has 28 heavy (non-hydrogen) atoms. The van der Waals surface area contributed by atoms with Crippen molar-refractivity contribution in [2.45, 2.75) is 13.8 Å². The van der Waals surface area contributed by atoms with Gasteiger partial charge in [-0.1, -0.05) is 26.0 Å². The van der Waals surface area contributed by atoms with Gasteiger partial charge in [0.2, 0.25) is 5.75 Å². The summed E-state index contributed by atoms with van der Waals surface area (Å²) < 4.78 is 18.4. The molecule has 2 N–H and O–H groups in total. The molecule has 8 nitrogen and oxygen atoms in total. The summed E-state index contributed by atoms with van der Waals surface area (Å²) in [7, 11) is 0. The van der Waals surface area contributed by atoms with Crippen molar-refractivity contribution in [2.75, 3.05) is 18.5 Å². The molecule has 2 rings (SSSR count). The van der Waals surface area contributed by atoms with Crippen molar-refractivity contribution in [2.24, 2.45) is 5.92 Å². The summed E-state index contributed by atoms with van der Waals surface area (Å²) in [6.07, 6.45) is 0. The second-order valence-corrected chi connectivity index (χ2v) is 6.36. The molecule has 2 aromatic carbocycles. The summed E-state index contributed by atoms with van der Waals surface area (Å²) in [4.78, 5) is 34.7. The first-order valence-corrected chi connectivity index (χ1v) is 8.51. The Morgan fingerprint density at radius 3 is 2.61 bits per heavy atom. The third-order valence-electron chi connectivity index (χ3n) is 3.59. The molecule has 0 spiro atoms. The van der Waals surface area contributed by atoms with E-state index in [1.165, 1.54) is 0 Å². The highest BCUT2D eigenvalue weighted by atomic mass is 19.1. The lowest BCUT2D eigenvalue weighted by Crippen LogP contribution is -2.29. The molecule has 2 amide bonds. The highest BCUT2D eigenvalue weighted by Crippen LogP contribution is 2.27. The Labute approximate surface area is 160 Å². The molecule has 0 aliphatic carbocycles. The summed E-state index contributed by atoms with van der Waals surface area (Å²) >= 11 is 0. The largest absolute Gasteiger partial charge is 0.477 e. The molecule has 0 saturated heterocycles. The third kappa shape index (κ3) is 5.76. The number of ether oxygens (including phenoxy) is 1. The monoisotopic (exact) mass is 389 g/mol. The first-order valence-electron chi connectivity index (χ1n) is 8.51. The van der Waals surface area contributed by atoms with Crippen molar-refractivity contribution in [3.8, 4) is 5.75 Å². The maximum absolute atomic E-state index is 13.3. The Morgan fingerprint density at radius 1 is 1.21 bits per heavy atom. The number of hydrogen-bond acceptors (Lipinski definition) is 5. The van der Waals surface area contributed by atoms with Crippen LogP contribution in [0.25, 0.3) is 0 Å². The Bertz CT molecular complexity index is 886. The number of nitrogens with one attached hydrogen (secondary N) is 2. The second-order valence-electron chi connectivity index (χ2n) is 6.36. The second kappa shape index (κ2) is 9.45. The quantitative estimate of drug-likeness (QED) is 0.532. The van der Waals surface area contributed by atoms with Crippen molar-refractivity contribution in [3.05, 3.63) is 64.0 Å². The minimum Gasteiger partial charge on any atom is -0.477 e. The minimum absolute atomic E-state index is 0.265. The van der Waals surface area contributed by atoms with Crippen LogP contribution in [0.1, 0.15) is 24.2 Å². The normalized spacial score (nSPS) is 10.4. The van der Waals surface area contributed by atoms with Gasteiger partial charge in [0.15, 0.2) is 6.61 Å². The zero-order valence-corrected chi connectivity index (χ0v) is 15.4. The van der Waals surface area contributed by atoms with Crippen LogP contribution in [0.3, 0.4) is 0 Å². The zero-order chi connectivity index (χ0) is 20.7. The fraction of sp³-hybridized carbons (Fsp3) is 0.263. The average molecular weight is 389 g/mol. The van der Waals surface area contributed by atoms with Gasteiger partial charge in [0, 0.05) is 18.7 Å². The zero-order valence-electron chi connectivity index (χ0n) is 15.4. The Kier molecular flexibility index (Phi) is 7.02. The summed E-state index contributed by atoms with van der Waals surface area (Å²) in [5.74, 6) is -1.81. The van der Waals surface area contributed by atoms with Crippen LogP contribution in [0.4, 0.5) is 15.8 Å². The number of nitrogens with zero attached hydrogens (tertiary/aromatic N) is 1. The number of carbonyl (C=O) groups is 2. The van der Waals surface area contributed by atoms with Crippen LogP contribution in [0.15, 0.2) is 42.5 Å². The lowest BCUT2D eigenvalue weighted by molar-refractivity contribution is -0.385. The highest BCUT2D eigenvalue weighted by Gasteiger charge is 2.18. The van der Waals surface area contributed by atoms with Crippen LogP contribution in [-0.4, -0.2) is 29.9 Å². The average Bonchev–Trinajstić information content (AvgIpc) is 2.64. The van der Waals surface area contributed by atoms with Crippen LogP contribution in [0, 0.1) is 21.8 Å². The highest BCUT2D eigenvalue weighted by molar-refractivity contribution is 6.04. The first-order chi connectivity index (χ1) is 13.3. The van der Waals surface area contributed by atoms with Crippen LogP contribution in [0.5, 0.6) is 5.75 Å². The van der Waals surface area contributed by atoms with E-state index in [9.17, 15) is 24.1 Å². The Hall–Kier alpha value is -3.49. The van der Waals surface area contributed by atoms with Crippen molar-refractivity contribution >= 4 is 23.2 Å². The van der Waals surface area contributed by atoms with Gasteiger partial charge in [-0.05, 0) is 24.1 Å². The molecule has 0 aromatic heterocycles. The summed E-state index contributed by atoms with van der Waals surface area (Å²) in [5.41, 5.74) is 0.0852. The molecular weight excluding hydrogens is 369 g/mol. The van der Waals surface area contributed by atoms with Crippen LogP contribution in [0.2, 0.25) is 0 Å². The minimum atomic E-state index is -0.735. The molecule has 9 heteroatoms. The number of halogens is 1. The van der Waals surface area contributed by atoms with Gasteiger partial charge in [0.1, 0.15) is 5.82 Å². The Balaban J connectivity index is 2.06. The van der Waals surface area contributed by atoms with E-state index in [0.29, 0.717) is 6.54 Å². The van der Waals surface area contributed by atoms with E-state index in [1.807, 2.05) is 13.8 Å². The molecule has 148 valence electrons. The van der Waals surface area contributed by atoms with Crippen molar-refractivity contribution in [1.82, 2.24) is 5.32 Å². The molecule has 0 aliphatic rings. The summed E-state index contributed by atoms with van der Waals surface area (Å²) in [6, 6.07) is 9.13. The maximum Gasteiger partial charge on any atom is 0.311 e. The lowest BCUT2D eigenvalue weighted by Gasteiger charge is -2.13. The van der Waals surface area contributed by atoms with E-state index in [4.69, 9.17) is 4.74 Å². The molecule has 0 saturated carbocycles. The van der Waals surface area contributed by atoms with Gasteiger partial charge in [0.25, 0.3) is 11.8 Å². The number of nitro benzene ring substituents is 1. The number of benzene rings is 2. The number of nitro groups is 1. The van der Waals surface area contributed by atoms with Gasteiger partial charge < -0.3 is 15.4 Å². The van der Waals surface area contributed by atoms with Crippen LogP contribution in [-0.2, 0) is 4.79 Å². The van der Waals surface area contributed by atoms with Gasteiger partial charge in [-0.15, -0.1) is 0 Å². The fourth-order valence-corrected chi connectivity index (χ4v) is 2.27. The number of amides is 2. The van der Waals surface area contributed by atoms with Gasteiger partial charge >= 0.3 is 5.69 Å². The molecule has 0 heterocycles. The SMILES string of the molecule is CC(C)CNC(=O)c1ccccc1NC(=O)COc1cc(F)ccc1[N+](=O)[O-]. The van der Waals surface area contributed by atoms with E-state index in [0.717, 1.165) is 18.2 Å². The number of rotatable bonds is 8. The van der Waals surface area contributed by atoms with Gasteiger partial charge in [0.05, 0.1) is 16.2 Å². The maximum atomic E-state index is 13.3. The molecule has 2 aromatic rings. The van der Waals surface area contributed by atoms with Gasteiger partial charge in [-0.3, -0.25) is 19.7 Å². The summed E-state index contributed by atoms with van der Waals surface area (Å²) in [5, 5.41) is 16.2. The first kappa shape index (κ1) is 20.8. The van der Waals surface area contributed by atoms with E-state index >= 15 is 0 Å². The lowest BCUT2D eigenvalue weighted by atomic mass is 10.1. The number of hydrogen-bond donors (Lipinski definition) is 2. The third-order valence-corrected chi connectivity index (χ3v) is 3.59. The number of anilines is 1. The number of para-hydroxylation sites is 1. The van der Waals surface area contributed by atoms with Gasteiger partial charge in [-0.2, -0.15) is 0 Å². The van der Waals surface area contributed by atoms with E-state index < -0.39 is 28.9 Å². The molecule has 0 bridgehead atoms. The van der Waals surface area contributed by atoms with Crippen LogP contribution >= 0.6 is 0 Å². The standard InChI is InChI=1S/C19H20FN3O5/c1-12(2)10-21-19(25)14-5-3-4-6-15(14)22-18(24)11-28-17-9-13(20)7-8-16(17)23(26)27/h3-9,12H,10-11H2,1-2H3,(H,21,25)(H,22,24). The molecule has 0 aliphatic heterocycles. The van der Waals surface area contributed by atoms with E-state index in [1.54, 1.807) is 24.3 Å². The Morgan fingerprint density at radius 2 is 1.93 bits per heavy atom. The predicted octanol–water partition coefficient (Wildman–Crippen LogP) is 3.14. The fourth-order valence-electron chi connectivity index (χ4n) is 2.27. The molecular formula is C19H20FN3O5. The summed E-state index contributed by atoms with van der Waals surface area (Å²) in [6.45, 7) is 3.80. The molecule has 0 fully saturated rings. The molecule has 0 unspecified atom stereocenters.